The third kappa shape index (κ3) is 4.77. The third-order valence-corrected chi connectivity index (χ3v) is 7.43. The van der Waals surface area contributed by atoms with E-state index in [1.54, 1.807) is 17.0 Å². The highest BCUT2D eigenvalue weighted by atomic mass is 35.5. The van der Waals surface area contributed by atoms with Crippen molar-refractivity contribution in [1.29, 1.82) is 0 Å². The smallest absolute Gasteiger partial charge is 0.248 e. The Bertz CT molecular complexity index is 983. The lowest BCUT2D eigenvalue weighted by atomic mass is 10.1. The number of thiophene rings is 2. The number of nitrogens with zero attached hydrogens (tertiary/aromatic N) is 1. The molecule has 0 radical (unpaired) electrons. The number of hydrogen-bond acceptors (Lipinski definition) is 4. The molecule has 1 unspecified atom stereocenters. The molecule has 4 rings (SSSR count). The number of carbonyl (C=O) groups excluding carboxylic acids is 2. The minimum atomic E-state index is -0.752. The average molecular weight is 459 g/mol. The van der Waals surface area contributed by atoms with E-state index in [4.69, 9.17) is 11.6 Å². The zero-order valence-corrected chi connectivity index (χ0v) is 18.8. The lowest BCUT2D eigenvalue weighted by Gasteiger charge is -2.32. The molecule has 0 spiro atoms. The molecule has 1 saturated carbocycles. The first kappa shape index (κ1) is 21.1. The second-order valence-corrected chi connectivity index (χ2v) is 9.80. The number of nitrogens with one attached hydrogen (secondary N) is 1. The molecule has 4 nitrogen and oxygen atoms in total. The Morgan fingerprint density at radius 2 is 1.77 bits per heavy atom. The first-order valence-corrected chi connectivity index (χ1v) is 12.2. The van der Waals surface area contributed by atoms with Crippen LogP contribution in [0, 0.1) is 0 Å². The van der Waals surface area contributed by atoms with Crippen molar-refractivity contribution in [2.24, 2.45) is 0 Å². The van der Waals surface area contributed by atoms with E-state index in [0.29, 0.717) is 10.7 Å². The van der Waals surface area contributed by atoms with Gasteiger partial charge in [0, 0.05) is 15.8 Å². The van der Waals surface area contributed by atoms with Gasteiger partial charge in [-0.3, -0.25) is 14.5 Å². The summed E-state index contributed by atoms with van der Waals surface area (Å²) in [6.07, 6.45) is 4.44. The standard InChI is InChI=1S/C23H23ClN2O2S2/c24-18-10-3-4-11-19(18)26(21(27)15-17-9-5-13-29-17)22(20-12-6-14-30-20)23(28)25-16-7-1-2-8-16/h3-6,9-14,16,22H,1-2,7-8,15H2,(H,25,28). The lowest BCUT2D eigenvalue weighted by molar-refractivity contribution is -0.126. The van der Waals surface area contributed by atoms with Crippen molar-refractivity contribution in [3.8, 4) is 0 Å². The average Bonchev–Trinajstić information content (AvgIpc) is 3.50. The van der Waals surface area contributed by atoms with E-state index in [0.717, 1.165) is 35.4 Å². The molecule has 0 aliphatic heterocycles. The van der Waals surface area contributed by atoms with Crippen LogP contribution in [-0.4, -0.2) is 17.9 Å². The summed E-state index contributed by atoms with van der Waals surface area (Å²) < 4.78 is 0. The quantitative estimate of drug-likeness (QED) is 0.483. The molecular formula is C23H23ClN2O2S2. The molecule has 2 aromatic heterocycles. The summed E-state index contributed by atoms with van der Waals surface area (Å²) in [5.41, 5.74) is 0.556. The molecular weight excluding hydrogens is 436 g/mol. The van der Waals surface area contributed by atoms with Crippen molar-refractivity contribution in [1.82, 2.24) is 5.32 Å². The molecule has 7 heteroatoms. The molecule has 0 bridgehead atoms. The Balaban J connectivity index is 1.73. The summed E-state index contributed by atoms with van der Waals surface area (Å²) in [6, 6.07) is 14.3. The van der Waals surface area contributed by atoms with Crippen LogP contribution >= 0.6 is 34.3 Å². The molecule has 1 aliphatic carbocycles. The summed E-state index contributed by atoms with van der Waals surface area (Å²) >= 11 is 9.52. The predicted octanol–water partition coefficient (Wildman–Crippen LogP) is 5.84. The second-order valence-electron chi connectivity index (χ2n) is 7.38. The summed E-state index contributed by atoms with van der Waals surface area (Å²) in [6.45, 7) is 0. The number of halogens is 1. The Morgan fingerprint density at radius 3 is 2.43 bits per heavy atom. The molecule has 1 N–H and O–H groups in total. The topological polar surface area (TPSA) is 49.4 Å². The zero-order chi connectivity index (χ0) is 20.9. The largest absolute Gasteiger partial charge is 0.351 e. The Hall–Kier alpha value is -2.15. The first-order valence-electron chi connectivity index (χ1n) is 10.1. The van der Waals surface area contributed by atoms with E-state index < -0.39 is 6.04 Å². The maximum Gasteiger partial charge on any atom is 0.248 e. The lowest BCUT2D eigenvalue weighted by Crippen LogP contribution is -2.46. The minimum absolute atomic E-state index is 0.148. The van der Waals surface area contributed by atoms with Gasteiger partial charge in [0.2, 0.25) is 11.8 Å². The van der Waals surface area contributed by atoms with Gasteiger partial charge in [0.1, 0.15) is 6.04 Å². The number of benzene rings is 1. The molecule has 1 aliphatic rings. The van der Waals surface area contributed by atoms with Crippen LogP contribution in [0.3, 0.4) is 0 Å². The molecule has 2 heterocycles. The number of rotatable bonds is 7. The number of carbonyl (C=O) groups is 2. The second kappa shape index (κ2) is 9.77. The van der Waals surface area contributed by atoms with Crippen LogP contribution in [0.25, 0.3) is 0 Å². The van der Waals surface area contributed by atoms with E-state index in [1.165, 1.54) is 22.7 Å². The monoisotopic (exact) mass is 458 g/mol. The number of para-hydroxylation sites is 1. The summed E-state index contributed by atoms with van der Waals surface area (Å²) in [5, 5.41) is 7.52. The van der Waals surface area contributed by atoms with E-state index >= 15 is 0 Å². The van der Waals surface area contributed by atoms with Gasteiger partial charge in [-0.15, -0.1) is 22.7 Å². The van der Waals surface area contributed by atoms with Gasteiger partial charge in [0.05, 0.1) is 17.1 Å². The molecule has 0 saturated heterocycles. The molecule has 156 valence electrons. The van der Waals surface area contributed by atoms with Crippen LogP contribution < -0.4 is 10.2 Å². The summed E-state index contributed by atoms with van der Waals surface area (Å²) in [7, 11) is 0. The van der Waals surface area contributed by atoms with Crippen molar-refractivity contribution >= 4 is 51.8 Å². The molecule has 2 amide bonds. The summed E-state index contributed by atoms with van der Waals surface area (Å²) in [5.74, 6) is -0.297. The van der Waals surface area contributed by atoms with E-state index in [2.05, 4.69) is 5.32 Å². The van der Waals surface area contributed by atoms with Gasteiger partial charge in [-0.25, -0.2) is 0 Å². The maximum absolute atomic E-state index is 13.5. The SMILES string of the molecule is O=C(NC1CCCC1)C(c1cccs1)N(C(=O)Cc1cccs1)c1ccccc1Cl. The van der Waals surface area contributed by atoms with Crippen LogP contribution in [0.4, 0.5) is 5.69 Å². The maximum atomic E-state index is 13.5. The highest BCUT2D eigenvalue weighted by molar-refractivity contribution is 7.10. The number of hydrogen-bond donors (Lipinski definition) is 1. The Morgan fingerprint density at radius 1 is 1.03 bits per heavy atom. The van der Waals surface area contributed by atoms with Crippen LogP contribution in [-0.2, 0) is 16.0 Å². The van der Waals surface area contributed by atoms with Crippen molar-refractivity contribution in [2.75, 3.05) is 4.90 Å². The fourth-order valence-electron chi connectivity index (χ4n) is 3.88. The van der Waals surface area contributed by atoms with Crippen molar-refractivity contribution in [3.05, 3.63) is 74.1 Å². The van der Waals surface area contributed by atoms with Gasteiger partial charge in [-0.2, -0.15) is 0 Å². The highest BCUT2D eigenvalue weighted by Crippen LogP contribution is 2.36. The van der Waals surface area contributed by atoms with Gasteiger partial charge in [-0.05, 0) is 47.9 Å². The van der Waals surface area contributed by atoms with Gasteiger partial charge in [-0.1, -0.05) is 48.7 Å². The van der Waals surface area contributed by atoms with Crippen LogP contribution in [0.1, 0.15) is 41.5 Å². The van der Waals surface area contributed by atoms with Crippen molar-refractivity contribution in [2.45, 2.75) is 44.2 Å². The summed E-state index contributed by atoms with van der Waals surface area (Å²) in [4.78, 5) is 30.4. The van der Waals surface area contributed by atoms with Crippen LogP contribution in [0.5, 0.6) is 0 Å². The normalized spacial score (nSPS) is 15.1. The highest BCUT2D eigenvalue weighted by Gasteiger charge is 2.35. The van der Waals surface area contributed by atoms with E-state index in [1.807, 2.05) is 47.2 Å². The van der Waals surface area contributed by atoms with Crippen molar-refractivity contribution in [3.63, 3.8) is 0 Å². The first-order chi connectivity index (χ1) is 14.6. The molecule has 1 atom stereocenters. The number of amides is 2. The molecule has 1 aromatic carbocycles. The molecule has 3 aromatic rings. The predicted molar refractivity (Wildman–Crippen MR) is 124 cm³/mol. The molecule has 1 fully saturated rings. The number of anilines is 1. The van der Waals surface area contributed by atoms with Gasteiger partial charge in [0.25, 0.3) is 0 Å². The van der Waals surface area contributed by atoms with E-state index in [-0.39, 0.29) is 24.3 Å². The van der Waals surface area contributed by atoms with Gasteiger partial charge < -0.3 is 5.32 Å². The van der Waals surface area contributed by atoms with E-state index in [9.17, 15) is 9.59 Å². The van der Waals surface area contributed by atoms with Crippen LogP contribution in [0.2, 0.25) is 5.02 Å². The molecule has 30 heavy (non-hydrogen) atoms. The van der Waals surface area contributed by atoms with Gasteiger partial charge in [0.15, 0.2) is 0 Å². The Labute approximate surface area is 189 Å². The van der Waals surface area contributed by atoms with Crippen LogP contribution in [0.15, 0.2) is 59.3 Å². The zero-order valence-electron chi connectivity index (χ0n) is 16.4. The minimum Gasteiger partial charge on any atom is -0.351 e. The fraction of sp³-hybridized carbons (Fsp3) is 0.304. The third-order valence-electron chi connectivity index (χ3n) is 5.31. The van der Waals surface area contributed by atoms with Crippen molar-refractivity contribution < 1.29 is 9.59 Å². The van der Waals surface area contributed by atoms with Gasteiger partial charge >= 0.3 is 0 Å². The fourth-order valence-corrected chi connectivity index (χ4v) is 5.62. The Kier molecular flexibility index (Phi) is 6.87.